The summed E-state index contributed by atoms with van der Waals surface area (Å²) in [6.07, 6.45) is -7.15. The predicted octanol–water partition coefficient (Wildman–Crippen LogP) is 6.59. The van der Waals surface area contributed by atoms with Crippen LogP contribution in [0.4, 0.5) is 32.0 Å². The number of Topliss-reactive ketones (excluding diaryl/α,β-unsaturated/α-hetero) is 1. The Kier molecular flexibility index (Phi) is 7.39. The zero-order chi connectivity index (χ0) is 23.5. The molecular weight excluding hydrogens is 458 g/mol. The van der Waals surface area contributed by atoms with Gasteiger partial charge in [0.05, 0.1) is 23.7 Å². The van der Waals surface area contributed by atoms with Gasteiger partial charge in [0.1, 0.15) is 0 Å². The summed E-state index contributed by atoms with van der Waals surface area (Å²) in [6.45, 7) is 0.831. The Morgan fingerprint density at radius 1 is 0.938 bits per heavy atom. The van der Waals surface area contributed by atoms with Crippen molar-refractivity contribution in [1.82, 2.24) is 4.90 Å². The number of hydrogen-bond donors (Lipinski definition) is 1. The van der Waals surface area contributed by atoms with Crippen LogP contribution >= 0.6 is 11.6 Å². The minimum Gasteiger partial charge on any atom is -0.378 e. The number of piperidine rings is 1. The fraction of sp³-hybridized carbons (Fsp3) is 0.409. The summed E-state index contributed by atoms with van der Waals surface area (Å²) in [5.41, 5.74) is -2.76. The molecule has 1 aliphatic heterocycles. The van der Waals surface area contributed by atoms with Crippen LogP contribution in [-0.2, 0) is 17.1 Å². The SMILES string of the molecule is O=C(CNc1cc(C(F)(F)F)cc(C(F)(F)F)c1)C(c1ccccc1Cl)N1CCCCC1. The van der Waals surface area contributed by atoms with Crippen molar-refractivity contribution in [3.05, 3.63) is 64.2 Å². The molecule has 2 aromatic rings. The molecule has 174 valence electrons. The van der Waals surface area contributed by atoms with Crippen molar-refractivity contribution in [2.45, 2.75) is 37.7 Å². The van der Waals surface area contributed by atoms with Crippen molar-refractivity contribution >= 4 is 23.1 Å². The van der Waals surface area contributed by atoms with E-state index in [4.69, 9.17) is 11.6 Å². The molecule has 0 bridgehead atoms. The maximum atomic E-state index is 13.1. The standard InChI is InChI=1S/C22H21ClF6N2O/c23-18-7-3-2-6-17(18)20(31-8-4-1-5-9-31)19(32)13-30-16-11-14(21(24,25)26)10-15(12-16)22(27,28)29/h2-3,6-7,10-12,20,30H,1,4-5,8-9,13H2. The van der Waals surface area contributed by atoms with Crippen LogP contribution in [0.25, 0.3) is 0 Å². The number of anilines is 1. The van der Waals surface area contributed by atoms with Crippen LogP contribution in [0.2, 0.25) is 5.02 Å². The number of halogens is 7. The van der Waals surface area contributed by atoms with Gasteiger partial charge in [-0.3, -0.25) is 9.69 Å². The molecule has 1 heterocycles. The van der Waals surface area contributed by atoms with Crippen LogP contribution < -0.4 is 5.32 Å². The average Bonchev–Trinajstić information content (AvgIpc) is 2.73. The number of ketones is 1. The summed E-state index contributed by atoms with van der Waals surface area (Å²) >= 11 is 6.29. The van der Waals surface area contributed by atoms with E-state index >= 15 is 0 Å². The lowest BCUT2D eigenvalue weighted by molar-refractivity contribution is -0.143. The van der Waals surface area contributed by atoms with E-state index < -0.39 is 47.5 Å². The van der Waals surface area contributed by atoms with Gasteiger partial charge in [-0.15, -0.1) is 0 Å². The molecule has 0 spiro atoms. The Morgan fingerprint density at radius 3 is 2.03 bits per heavy atom. The van der Waals surface area contributed by atoms with Crippen molar-refractivity contribution in [3.8, 4) is 0 Å². The molecule has 1 unspecified atom stereocenters. The molecule has 1 fully saturated rings. The van der Waals surface area contributed by atoms with E-state index in [9.17, 15) is 31.1 Å². The smallest absolute Gasteiger partial charge is 0.378 e. The van der Waals surface area contributed by atoms with Gasteiger partial charge in [-0.05, 0) is 55.8 Å². The second-order valence-electron chi connectivity index (χ2n) is 7.64. The molecule has 3 rings (SSSR count). The maximum absolute atomic E-state index is 13.1. The quantitative estimate of drug-likeness (QED) is 0.476. The average molecular weight is 479 g/mol. The van der Waals surface area contributed by atoms with Crippen molar-refractivity contribution in [2.75, 3.05) is 25.0 Å². The second kappa shape index (κ2) is 9.70. The van der Waals surface area contributed by atoms with Crippen molar-refractivity contribution in [1.29, 1.82) is 0 Å². The first kappa shape index (κ1) is 24.4. The lowest BCUT2D eigenvalue weighted by Gasteiger charge is -2.34. The zero-order valence-electron chi connectivity index (χ0n) is 16.9. The lowest BCUT2D eigenvalue weighted by Crippen LogP contribution is -2.40. The zero-order valence-corrected chi connectivity index (χ0v) is 17.6. The minimum absolute atomic E-state index is 0.0489. The molecule has 1 saturated heterocycles. The number of carbonyl (C=O) groups is 1. The molecule has 1 atom stereocenters. The number of alkyl halides is 6. The molecule has 1 N–H and O–H groups in total. The summed E-state index contributed by atoms with van der Waals surface area (Å²) in [6, 6.07) is 7.20. The highest BCUT2D eigenvalue weighted by Crippen LogP contribution is 2.38. The number of likely N-dealkylation sites (tertiary alicyclic amines) is 1. The molecular formula is C22H21ClF6N2O. The number of benzene rings is 2. The molecule has 0 aromatic heterocycles. The summed E-state index contributed by atoms with van der Waals surface area (Å²) in [5.74, 6) is -0.397. The first-order valence-corrected chi connectivity index (χ1v) is 10.4. The van der Waals surface area contributed by atoms with Crippen LogP contribution in [0.3, 0.4) is 0 Å². The highest BCUT2D eigenvalue weighted by atomic mass is 35.5. The van der Waals surface area contributed by atoms with E-state index in [2.05, 4.69) is 5.32 Å². The third-order valence-electron chi connectivity index (χ3n) is 5.32. The molecule has 2 aromatic carbocycles. The van der Waals surface area contributed by atoms with Crippen LogP contribution in [0.15, 0.2) is 42.5 Å². The Morgan fingerprint density at radius 2 is 1.50 bits per heavy atom. The third-order valence-corrected chi connectivity index (χ3v) is 5.66. The van der Waals surface area contributed by atoms with Crippen molar-refractivity contribution < 1.29 is 31.1 Å². The Hall–Kier alpha value is -2.26. The molecule has 0 radical (unpaired) electrons. The number of nitrogens with zero attached hydrogens (tertiary/aromatic N) is 1. The topological polar surface area (TPSA) is 32.3 Å². The van der Waals surface area contributed by atoms with Gasteiger partial charge in [0.25, 0.3) is 0 Å². The number of hydrogen-bond acceptors (Lipinski definition) is 3. The minimum atomic E-state index is -4.96. The van der Waals surface area contributed by atoms with Gasteiger partial charge in [-0.1, -0.05) is 36.2 Å². The Bertz CT molecular complexity index is 922. The summed E-state index contributed by atoms with van der Waals surface area (Å²) in [7, 11) is 0. The molecule has 10 heteroatoms. The highest BCUT2D eigenvalue weighted by molar-refractivity contribution is 6.31. The van der Waals surface area contributed by atoms with E-state index in [1.807, 2.05) is 4.90 Å². The third kappa shape index (κ3) is 5.95. The normalized spacial score (nSPS) is 16.6. The van der Waals surface area contributed by atoms with E-state index in [0.29, 0.717) is 35.8 Å². The van der Waals surface area contributed by atoms with Gasteiger partial charge in [0.2, 0.25) is 0 Å². The maximum Gasteiger partial charge on any atom is 0.416 e. The molecule has 0 aliphatic carbocycles. The summed E-state index contributed by atoms with van der Waals surface area (Å²) < 4.78 is 78.5. The fourth-order valence-corrected chi connectivity index (χ4v) is 4.03. The van der Waals surface area contributed by atoms with E-state index in [1.54, 1.807) is 24.3 Å². The Labute approximate surface area is 186 Å². The highest BCUT2D eigenvalue weighted by Gasteiger charge is 2.37. The first-order chi connectivity index (χ1) is 15.0. The van der Waals surface area contributed by atoms with Crippen molar-refractivity contribution in [3.63, 3.8) is 0 Å². The fourth-order valence-electron chi connectivity index (χ4n) is 3.79. The summed E-state index contributed by atoms with van der Waals surface area (Å²) in [5, 5.41) is 2.83. The van der Waals surface area contributed by atoms with Gasteiger partial charge < -0.3 is 5.32 Å². The molecule has 1 aliphatic rings. The van der Waals surface area contributed by atoms with Gasteiger partial charge >= 0.3 is 12.4 Å². The van der Waals surface area contributed by atoms with E-state index in [-0.39, 0.29) is 6.07 Å². The van der Waals surface area contributed by atoms with Crippen LogP contribution in [-0.4, -0.2) is 30.3 Å². The van der Waals surface area contributed by atoms with Gasteiger partial charge in [-0.25, -0.2) is 0 Å². The van der Waals surface area contributed by atoms with E-state index in [1.165, 1.54) is 0 Å². The molecule has 0 amide bonds. The van der Waals surface area contributed by atoms with Gasteiger partial charge in [0, 0.05) is 10.7 Å². The predicted molar refractivity (Wildman–Crippen MR) is 110 cm³/mol. The summed E-state index contributed by atoms with van der Waals surface area (Å²) in [4.78, 5) is 15.1. The largest absolute Gasteiger partial charge is 0.416 e. The van der Waals surface area contributed by atoms with E-state index in [0.717, 1.165) is 19.3 Å². The molecule has 3 nitrogen and oxygen atoms in total. The lowest BCUT2D eigenvalue weighted by atomic mass is 9.97. The first-order valence-electron chi connectivity index (χ1n) is 10.0. The number of rotatable bonds is 6. The molecule has 32 heavy (non-hydrogen) atoms. The van der Waals surface area contributed by atoms with Crippen LogP contribution in [0.5, 0.6) is 0 Å². The monoisotopic (exact) mass is 478 g/mol. The molecule has 0 saturated carbocycles. The van der Waals surface area contributed by atoms with Crippen LogP contribution in [0.1, 0.15) is 42.0 Å². The van der Waals surface area contributed by atoms with Gasteiger partial charge in [-0.2, -0.15) is 26.3 Å². The van der Waals surface area contributed by atoms with Crippen molar-refractivity contribution in [2.24, 2.45) is 0 Å². The van der Waals surface area contributed by atoms with Crippen LogP contribution in [0, 0.1) is 0 Å². The second-order valence-corrected chi connectivity index (χ2v) is 8.04. The Balaban J connectivity index is 1.87. The number of nitrogens with one attached hydrogen (secondary N) is 1. The number of carbonyl (C=O) groups excluding carboxylic acids is 1. The van der Waals surface area contributed by atoms with Gasteiger partial charge in [0.15, 0.2) is 5.78 Å².